The molecular formula is C8H14BrNO. The first-order valence-electron chi connectivity index (χ1n) is 3.56. The maximum Gasteiger partial charge on any atom is 0.236 e. The number of amides is 1. The van der Waals surface area contributed by atoms with Crippen molar-refractivity contribution >= 4 is 21.8 Å². The van der Waals surface area contributed by atoms with Crippen LogP contribution in [-0.4, -0.2) is 16.8 Å². The molecule has 0 aliphatic heterocycles. The first-order chi connectivity index (χ1) is 4.98. The average molecular weight is 220 g/mol. The molecule has 0 radical (unpaired) electrons. The lowest BCUT2D eigenvalue weighted by Crippen LogP contribution is -2.37. The fraction of sp³-hybridized carbons (Fsp3) is 0.625. The summed E-state index contributed by atoms with van der Waals surface area (Å²) in [6.07, 6.45) is 2.59. The first kappa shape index (κ1) is 10.7. The Labute approximate surface area is 76.2 Å². The van der Waals surface area contributed by atoms with Crippen LogP contribution in [0.2, 0.25) is 0 Å². The van der Waals surface area contributed by atoms with Crippen molar-refractivity contribution in [3.63, 3.8) is 0 Å². The van der Waals surface area contributed by atoms with Crippen molar-refractivity contribution in [2.24, 2.45) is 0 Å². The fourth-order valence-corrected chi connectivity index (χ4v) is 0.638. The minimum Gasteiger partial charge on any atom is -0.355 e. The van der Waals surface area contributed by atoms with E-state index in [9.17, 15) is 4.79 Å². The van der Waals surface area contributed by atoms with E-state index in [1.807, 2.05) is 13.8 Å². The van der Waals surface area contributed by atoms with E-state index >= 15 is 0 Å². The Morgan fingerprint density at radius 3 is 2.64 bits per heavy atom. The van der Waals surface area contributed by atoms with Crippen molar-refractivity contribution in [1.82, 2.24) is 5.32 Å². The molecule has 0 aromatic heterocycles. The van der Waals surface area contributed by atoms with Crippen LogP contribution in [0.3, 0.4) is 0 Å². The fourth-order valence-electron chi connectivity index (χ4n) is 0.498. The number of nitrogens with one attached hydrogen (secondary N) is 1. The largest absolute Gasteiger partial charge is 0.355 e. The average Bonchev–Trinajstić information content (AvgIpc) is 1.86. The molecule has 64 valence electrons. The van der Waals surface area contributed by atoms with Gasteiger partial charge in [-0.05, 0) is 20.3 Å². The van der Waals surface area contributed by atoms with Crippen LogP contribution in [0.25, 0.3) is 0 Å². The molecule has 0 saturated carbocycles. The third kappa shape index (κ3) is 5.01. The molecule has 0 heterocycles. The van der Waals surface area contributed by atoms with Gasteiger partial charge in [0, 0.05) is 6.54 Å². The van der Waals surface area contributed by atoms with Crippen LogP contribution in [0, 0.1) is 0 Å². The molecule has 0 aromatic rings. The Kier molecular flexibility index (Phi) is 4.42. The van der Waals surface area contributed by atoms with Crippen molar-refractivity contribution in [1.29, 1.82) is 0 Å². The standard InChI is InChI=1S/C8H14BrNO/c1-4-5-6-10-7(11)8(2,3)9/h4H,1,5-6H2,2-3H3,(H,10,11). The Hall–Kier alpha value is -0.310. The van der Waals surface area contributed by atoms with Gasteiger partial charge >= 0.3 is 0 Å². The molecule has 1 amide bonds. The molecular weight excluding hydrogens is 206 g/mol. The second-order valence-electron chi connectivity index (χ2n) is 2.81. The van der Waals surface area contributed by atoms with Crippen molar-refractivity contribution < 1.29 is 4.79 Å². The zero-order valence-electron chi connectivity index (χ0n) is 6.98. The molecule has 0 saturated heterocycles. The predicted octanol–water partition coefficient (Wildman–Crippen LogP) is 1.85. The maximum absolute atomic E-state index is 11.1. The minimum atomic E-state index is -0.464. The van der Waals surface area contributed by atoms with Gasteiger partial charge in [0.1, 0.15) is 0 Å². The van der Waals surface area contributed by atoms with Crippen LogP contribution in [0.15, 0.2) is 12.7 Å². The summed E-state index contributed by atoms with van der Waals surface area (Å²) in [6, 6.07) is 0. The van der Waals surface area contributed by atoms with E-state index in [1.54, 1.807) is 6.08 Å². The number of carbonyl (C=O) groups is 1. The minimum absolute atomic E-state index is 0.0133. The highest BCUT2D eigenvalue weighted by Crippen LogP contribution is 2.14. The van der Waals surface area contributed by atoms with Gasteiger partial charge in [0.2, 0.25) is 5.91 Å². The summed E-state index contributed by atoms with van der Waals surface area (Å²) >= 11 is 3.26. The normalized spacial score (nSPS) is 10.8. The van der Waals surface area contributed by atoms with Crippen molar-refractivity contribution in [2.45, 2.75) is 24.6 Å². The van der Waals surface area contributed by atoms with E-state index < -0.39 is 4.32 Å². The highest BCUT2D eigenvalue weighted by Gasteiger charge is 2.22. The molecule has 0 atom stereocenters. The molecule has 2 nitrogen and oxygen atoms in total. The topological polar surface area (TPSA) is 29.1 Å². The van der Waals surface area contributed by atoms with Crippen LogP contribution in [-0.2, 0) is 4.79 Å². The lowest BCUT2D eigenvalue weighted by molar-refractivity contribution is -0.122. The lowest BCUT2D eigenvalue weighted by atomic mass is 10.2. The SMILES string of the molecule is C=CCCNC(=O)C(C)(C)Br. The highest BCUT2D eigenvalue weighted by atomic mass is 79.9. The molecule has 0 fully saturated rings. The quantitative estimate of drug-likeness (QED) is 0.437. The summed E-state index contributed by atoms with van der Waals surface area (Å²) in [5.41, 5.74) is 0. The van der Waals surface area contributed by atoms with Crippen LogP contribution < -0.4 is 5.32 Å². The van der Waals surface area contributed by atoms with Crippen molar-refractivity contribution in [3.05, 3.63) is 12.7 Å². The summed E-state index contributed by atoms with van der Waals surface area (Å²) in [5, 5.41) is 2.77. The summed E-state index contributed by atoms with van der Waals surface area (Å²) in [6.45, 7) is 7.85. The van der Waals surface area contributed by atoms with Crippen LogP contribution >= 0.6 is 15.9 Å². The van der Waals surface area contributed by atoms with Crippen molar-refractivity contribution in [3.8, 4) is 0 Å². The molecule has 0 bridgehead atoms. The first-order valence-corrected chi connectivity index (χ1v) is 4.36. The Balaban J connectivity index is 3.62. The second kappa shape index (κ2) is 4.54. The van der Waals surface area contributed by atoms with Gasteiger partial charge in [-0.25, -0.2) is 0 Å². The van der Waals surface area contributed by atoms with Gasteiger partial charge in [-0.2, -0.15) is 0 Å². The van der Waals surface area contributed by atoms with Crippen molar-refractivity contribution in [2.75, 3.05) is 6.54 Å². The number of halogens is 1. The Morgan fingerprint density at radius 1 is 1.73 bits per heavy atom. The number of hydrogen-bond donors (Lipinski definition) is 1. The maximum atomic E-state index is 11.1. The Morgan fingerprint density at radius 2 is 2.27 bits per heavy atom. The summed E-state index contributed by atoms with van der Waals surface area (Å²) in [5.74, 6) is 0.0133. The van der Waals surface area contributed by atoms with Gasteiger partial charge in [0.25, 0.3) is 0 Å². The monoisotopic (exact) mass is 219 g/mol. The van der Waals surface area contributed by atoms with Gasteiger partial charge in [0.05, 0.1) is 4.32 Å². The molecule has 0 unspecified atom stereocenters. The number of alkyl halides is 1. The van der Waals surface area contributed by atoms with Gasteiger partial charge < -0.3 is 5.32 Å². The van der Waals surface area contributed by atoms with E-state index in [1.165, 1.54) is 0 Å². The third-order valence-corrected chi connectivity index (χ3v) is 1.53. The van der Waals surface area contributed by atoms with Gasteiger partial charge in [0.15, 0.2) is 0 Å². The van der Waals surface area contributed by atoms with Crippen LogP contribution in [0.1, 0.15) is 20.3 Å². The summed E-state index contributed by atoms with van der Waals surface area (Å²) in [7, 11) is 0. The van der Waals surface area contributed by atoms with E-state index in [0.29, 0.717) is 6.54 Å². The van der Waals surface area contributed by atoms with E-state index in [4.69, 9.17) is 0 Å². The van der Waals surface area contributed by atoms with E-state index in [0.717, 1.165) is 6.42 Å². The highest BCUT2D eigenvalue weighted by molar-refractivity contribution is 9.10. The molecule has 0 aliphatic rings. The van der Waals surface area contributed by atoms with E-state index in [-0.39, 0.29) is 5.91 Å². The van der Waals surface area contributed by atoms with Crippen LogP contribution in [0.5, 0.6) is 0 Å². The summed E-state index contributed by atoms with van der Waals surface area (Å²) < 4.78 is -0.464. The van der Waals surface area contributed by atoms with Gasteiger partial charge in [-0.15, -0.1) is 6.58 Å². The molecule has 3 heteroatoms. The molecule has 0 aromatic carbocycles. The zero-order valence-corrected chi connectivity index (χ0v) is 8.57. The number of carbonyl (C=O) groups excluding carboxylic acids is 1. The van der Waals surface area contributed by atoms with Crippen LogP contribution in [0.4, 0.5) is 0 Å². The number of rotatable bonds is 4. The molecule has 1 N–H and O–H groups in total. The van der Waals surface area contributed by atoms with E-state index in [2.05, 4.69) is 27.8 Å². The predicted molar refractivity (Wildman–Crippen MR) is 50.8 cm³/mol. The smallest absolute Gasteiger partial charge is 0.236 e. The Bertz CT molecular complexity index is 149. The summed E-state index contributed by atoms with van der Waals surface area (Å²) in [4.78, 5) is 11.1. The number of hydrogen-bond acceptors (Lipinski definition) is 1. The zero-order chi connectivity index (χ0) is 8.91. The molecule has 0 rings (SSSR count). The van der Waals surface area contributed by atoms with Gasteiger partial charge in [-0.1, -0.05) is 22.0 Å². The second-order valence-corrected chi connectivity index (χ2v) is 4.79. The van der Waals surface area contributed by atoms with Gasteiger partial charge in [-0.3, -0.25) is 4.79 Å². The molecule has 0 aliphatic carbocycles. The lowest BCUT2D eigenvalue weighted by Gasteiger charge is -2.14. The third-order valence-electron chi connectivity index (χ3n) is 1.17. The molecule has 0 spiro atoms. The molecule has 11 heavy (non-hydrogen) atoms.